The molecule has 5 heteroatoms. The van der Waals surface area contributed by atoms with E-state index >= 15 is 0 Å². The summed E-state index contributed by atoms with van der Waals surface area (Å²) in [6.45, 7) is 4.05. The number of allylic oxidation sites excluding steroid dienone is 6. The minimum atomic E-state index is -0.777. The van der Waals surface area contributed by atoms with E-state index in [-0.39, 0.29) is 25.2 Å². The molecule has 0 aromatic heterocycles. The fourth-order valence-corrected chi connectivity index (χ4v) is 4.38. The molecule has 0 amide bonds. The van der Waals surface area contributed by atoms with Crippen LogP contribution < -0.4 is 0 Å². The summed E-state index contributed by atoms with van der Waals surface area (Å²) >= 11 is 0. The lowest BCUT2D eigenvalue weighted by atomic mass is 10.1. The van der Waals surface area contributed by atoms with Crippen LogP contribution in [0.1, 0.15) is 155 Å². The van der Waals surface area contributed by atoms with E-state index in [9.17, 15) is 14.7 Å². The fraction of sp³-hybridized carbons (Fsp3) is 0.771. The van der Waals surface area contributed by atoms with Crippen LogP contribution in [0.25, 0.3) is 0 Å². The lowest BCUT2D eigenvalue weighted by Gasteiger charge is -2.15. The van der Waals surface area contributed by atoms with Gasteiger partial charge in [0, 0.05) is 12.8 Å². The predicted molar refractivity (Wildman–Crippen MR) is 168 cm³/mol. The molecule has 0 aliphatic heterocycles. The summed E-state index contributed by atoms with van der Waals surface area (Å²) in [5.74, 6) is -0.621. The molecule has 0 heterocycles. The molecule has 0 fully saturated rings. The molecular formula is C35H62O5. The zero-order valence-corrected chi connectivity index (χ0v) is 26.1. The van der Waals surface area contributed by atoms with Crippen molar-refractivity contribution in [1.82, 2.24) is 0 Å². The maximum atomic E-state index is 12.1. The first-order valence-electron chi connectivity index (χ1n) is 16.5. The van der Waals surface area contributed by atoms with Gasteiger partial charge in [0.05, 0.1) is 6.61 Å². The van der Waals surface area contributed by atoms with E-state index in [2.05, 4.69) is 50.3 Å². The molecule has 0 bridgehead atoms. The van der Waals surface area contributed by atoms with Gasteiger partial charge in [-0.1, -0.05) is 127 Å². The van der Waals surface area contributed by atoms with Crippen LogP contribution in [0.5, 0.6) is 0 Å². The molecule has 0 aromatic carbocycles. The molecule has 232 valence electrons. The highest BCUT2D eigenvalue weighted by molar-refractivity contribution is 5.70. The molecule has 0 saturated carbocycles. The summed E-state index contributed by atoms with van der Waals surface area (Å²) in [6, 6.07) is 0. The second kappa shape index (κ2) is 31.6. The highest BCUT2D eigenvalue weighted by Crippen LogP contribution is 2.12. The number of hydrogen-bond donors (Lipinski definition) is 1. The van der Waals surface area contributed by atoms with Crippen LogP contribution in [0.3, 0.4) is 0 Å². The Balaban J connectivity index is 3.65. The quantitative estimate of drug-likeness (QED) is 0.0558. The van der Waals surface area contributed by atoms with Crippen LogP contribution in [-0.4, -0.2) is 36.4 Å². The van der Waals surface area contributed by atoms with Crippen molar-refractivity contribution < 1.29 is 24.2 Å². The van der Waals surface area contributed by atoms with Crippen molar-refractivity contribution in [3.05, 3.63) is 36.5 Å². The van der Waals surface area contributed by atoms with Crippen LogP contribution in [0, 0.1) is 0 Å². The summed E-state index contributed by atoms with van der Waals surface area (Å²) in [4.78, 5) is 24.0. The molecule has 0 rings (SSSR count). The van der Waals surface area contributed by atoms with Crippen molar-refractivity contribution in [3.8, 4) is 0 Å². The van der Waals surface area contributed by atoms with Gasteiger partial charge in [-0.25, -0.2) is 0 Å². The average Bonchev–Trinajstić information content (AvgIpc) is 2.96. The lowest BCUT2D eigenvalue weighted by molar-refractivity contribution is -0.161. The summed E-state index contributed by atoms with van der Waals surface area (Å²) in [5, 5.41) is 9.48. The average molecular weight is 563 g/mol. The van der Waals surface area contributed by atoms with Crippen molar-refractivity contribution >= 4 is 11.9 Å². The van der Waals surface area contributed by atoms with Gasteiger partial charge in [-0.2, -0.15) is 0 Å². The fourth-order valence-electron chi connectivity index (χ4n) is 4.38. The van der Waals surface area contributed by atoms with E-state index in [0.29, 0.717) is 12.8 Å². The molecule has 0 spiro atoms. The Morgan fingerprint density at radius 3 is 1.55 bits per heavy atom. The molecule has 40 heavy (non-hydrogen) atoms. The first-order chi connectivity index (χ1) is 19.6. The largest absolute Gasteiger partial charge is 0.462 e. The van der Waals surface area contributed by atoms with E-state index in [4.69, 9.17) is 9.47 Å². The Morgan fingerprint density at radius 1 is 0.575 bits per heavy atom. The third-order valence-electron chi connectivity index (χ3n) is 6.94. The van der Waals surface area contributed by atoms with Crippen LogP contribution in [-0.2, 0) is 19.1 Å². The van der Waals surface area contributed by atoms with Crippen molar-refractivity contribution in [2.45, 2.75) is 161 Å². The highest BCUT2D eigenvalue weighted by Gasteiger charge is 2.16. The smallest absolute Gasteiger partial charge is 0.306 e. The maximum Gasteiger partial charge on any atom is 0.306 e. The Morgan fingerprint density at radius 2 is 1.00 bits per heavy atom. The zero-order chi connectivity index (χ0) is 29.4. The van der Waals surface area contributed by atoms with Gasteiger partial charge in [0.2, 0.25) is 0 Å². The van der Waals surface area contributed by atoms with Crippen molar-refractivity contribution in [1.29, 1.82) is 0 Å². The molecule has 0 radical (unpaired) electrons. The monoisotopic (exact) mass is 562 g/mol. The van der Waals surface area contributed by atoms with Crippen molar-refractivity contribution in [2.75, 3.05) is 13.2 Å². The number of ether oxygens (including phenoxy) is 2. The predicted octanol–water partition coefficient (Wildman–Crippen LogP) is 9.72. The molecule has 5 nitrogen and oxygen atoms in total. The van der Waals surface area contributed by atoms with Crippen LogP contribution in [0.15, 0.2) is 36.5 Å². The van der Waals surface area contributed by atoms with Gasteiger partial charge in [0.15, 0.2) is 6.10 Å². The van der Waals surface area contributed by atoms with Gasteiger partial charge >= 0.3 is 11.9 Å². The van der Waals surface area contributed by atoms with Gasteiger partial charge in [0.1, 0.15) is 6.61 Å². The minimum absolute atomic E-state index is 0.0736. The molecule has 0 aromatic rings. The number of esters is 2. The Bertz CT molecular complexity index is 652. The second-order valence-electron chi connectivity index (χ2n) is 10.9. The van der Waals surface area contributed by atoms with Gasteiger partial charge in [-0.3, -0.25) is 9.59 Å². The van der Waals surface area contributed by atoms with Gasteiger partial charge in [-0.05, 0) is 51.4 Å². The third-order valence-corrected chi connectivity index (χ3v) is 6.94. The van der Waals surface area contributed by atoms with Crippen LogP contribution >= 0.6 is 0 Å². The van der Waals surface area contributed by atoms with E-state index in [1.807, 2.05) is 0 Å². The Labute approximate surface area is 246 Å². The SMILES string of the molecule is CCCCC/C=C\C/C=C\C/C=C\CCCCCCC(=O)O[C@@H](CO)COC(=O)CCCCCCCCCCC. The zero-order valence-electron chi connectivity index (χ0n) is 26.1. The number of aliphatic hydroxyl groups is 1. The molecule has 1 N–H and O–H groups in total. The van der Waals surface area contributed by atoms with Gasteiger partial charge in [0.25, 0.3) is 0 Å². The molecule has 1 atom stereocenters. The summed E-state index contributed by atoms with van der Waals surface area (Å²) in [7, 11) is 0. The van der Waals surface area contributed by atoms with Crippen LogP contribution in [0.4, 0.5) is 0 Å². The summed E-state index contributed by atoms with van der Waals surface area (Å²) < 4.78 is 10.5. The second-order valence-corrected chi connectivity index (χ2v) is 10.9. The number of unbranched alkanes of at least 4 members (excludes halogenated alkanes) is 15. The first-order valence-corrected chi connectivity index (χ1v) is 16.5. The van der Waals surface area contributed by atoms with E-state index in [1.54, 1.807) is 0 Å². The standard InChI is InChI=1S/C35H62O5/c1-3-5-7-9-11-13-14-15-16-17-18-19-20-22-24-26-28-30-35(38)40-33(31-36)32-39-34(37)29-27-25-23-21-12-10-8-6-4-2/h11,13,15-16,18-19,33,36H,3-10,12,14,17,20-32H2,1-2H3/b13-11-,16-15-,19-18-/t33-/m0/s1. The summed E-state index contributed by atoms with van der Waals surface area (Å²) in [5.41, 5.74) is 0. The van der Waals surface area contributed by atoms with Crippen molar-refractivity contribution in [3.63, 3.8) is 0 Å². The highest BCUT2D eigenvalue weighted by atomic mass is 16.6. The van der Waals surface area contributed by atoms with E-state index < -0.39 is 6.10 Å². The van der Waals surface area contributed by atoms with Crippen LogP contribution in [0.2, 0.25) is 0 Å². The molecule has 0 saturated heterocycles. The molecular weight excluding hydrogens is 500 g/mol. The topological polar surface area (TPSA) is 72.8 Å². The first kappa shape index (κ1) is 38.1. The molecule has 0 aliphatic rings. The number of rotatable bonds is 29. The Hall–Kier alpha value is -1.88. The van der Waals surface area contributed by atoms with Crippen molar-refractivity contribution in [2.24, 2.45) is 0 Å². The van der Waals surface area contributed by atoms with Gasteiger partial charge < -0.3 is 14.6 Å². The van der Waals surface area contributed by atoms with E-state index in [0.717, 1.165) is 64.2 Å². The number of carbonyl (C=O) groups excluding carboxylic acids is 2. The van der Waals surface area contributed by atoms with Gasteiger partial charge in [-0.15, -0.1) is 0 Å². The number of aliphatic hydroxyl groups excluding tert-OH is 1. The number of hydrogen-bond acceptors (Lipinski definition) is 5. The normalized spacial score (nSPS) is 12.6. The third kappa shape index (κ3) is 29.1. The van der Waals surface area contributed by atoms with E-state index in [1.165, 1.54) is 64.2 Å². The summed E-state index contributed by atoms with van der Waals surface area (Å²) in [6.07, 6.45) is 36.2. The lowest BCUT2D eigenvalue weighted by Crippen LogP contribution is -2.28. The molecule has 0 unspecified atom stereocenters. The molecule has 0 aliphatic carbocycles. The number of carbonyl (C=O) groups is 2. The Kier molecular flexibility index (Phi) is 30.2. The maximum absolute atomic E-state index is 12.1. The minimum Gasteiger partial charge on any atom is -0.462 e.